The number of rotatable bonds is 6. The van der Waals surface area contributed by atoms with Gasteiger partial charge in [0.25, 0.3) is 0 Å². The van der Waals surface area contributed by atoms with Gasteiger partial charge in [0.15, 0.2) is 0 Å². The maximum absolute atomic E-state index is 10.8. The van der Waals surface area contributed by atoms with Crippen LogP contribution >= 0.6 is 0 Å². The van der Waals surface area contributed by atoms with E-state index < -0.39 is 4.92 Å². The largest absolute Gasteiger partial charge is 0.364 e. The molecule has 0 amide bonds. The lowest BCUT2D eigenvalue weighted by Crippen LogP contribution is -2.07. The van der Waals surface area contributed by atoms with Crippen LogP contribution in [0.5, 0.6) is 0 Å². The third-order valence-corrected chi connectivity index (χ3v) is 2.42. The number of imidazole rings is 1. The Balaban J connectivity index is 1.85. The highest BCUT2D eigenvalue weighted by atomic mass is 16.6. The molecule has 0 aliphatic rings. The van der Waals surface area contributed by atoms with Crippen molar-refractivity contribution < 1.29 is 4.92 Å². The van der Waals surface area contributed by atoms with Crippen molar-refractivity contribution in [3.63, 3.8) is 0 Å². The first-order valence-electron chi connectivity index (χ1n) is 5.59. The summed E-state index contributed by atoms with van der Waals surface area (Å²) in [5.74, 6) is 1.22. The summed E-state index contributed by atoms with van der Waals surface area (Å²) in [7, 11) is 0. The van der Waals surface area contributed by atoms with Crippen LogP contribution in [0.25, 0.3) is 0 Å². The molecule has 0 aliphatic carbocycles. The Morgan fingerprint density at radius 1 is 1.39 bits per heavy atom. The number of anilines is 1. The molecular weight excluding hydrogens is 234 g/mol. The van der Waals surface area contributed by atoms with Gasteiger partial charge in [0.1, 0.15) is 5.82 Å². The molecule has 0 radical (unpaired) electrons. The van der Waals surface area contributed by atoms with Gasteiger partial charge in [-0.05, 0) is 12.5 Å². The molecule has 2 N–H and O–H groups in total. The Morgan fingerprint density at radius 3 is 3.00 bits per heavy atom. The molecule has 7 nitrogen and oxygen atoms in total. The van der Waals surface area contributed by atoms with Gasteiger partial charge in [-0.25, -0.2) is 9.97 Å². The van der Waals surface area contributed by atoms with Crippen molar-refractivity contribution in [1.29, 1.82) is 0 Å². The molecule has 0 fully saturated rings. The van der Waals surface area contributed by atoms with E-state index in [1.165, 1.54) is 12.3 Å². The molecule has 2 aromatic rings. The second-order valence-corrected chi connectivity index (χ2v) is 3.69. The minimum Gasteiger partial charge on any atom is -0.364 e. The third-order valence-electron chi connectivity index (χ3n) is 2.42. The van der Waals surface area contributed by atoms with Crippen molar-refractivity contribution in [2.24, 2.45) is 0 Å². The van der Waals surface area contributed by atoms with E-state index in [0.29, 0.717) is 12.4 Å². The number of nitrogens with zero attached hydrogens (tertiary/aromatic N) is 3. The Bertz CT molecular complexity index is 512. The highest BCUT2D eigenvalue weighted by molar-refractivity contribution is 5.54. The predicted molar refractivity (Wildman–Crippen MR) is 66.3 cm³/mol. The zero-order chi connectivity index (χ0) is 12.8. The first-order valence-corrected chi connectivity index (χ1v) is 5.59. The summed E-state index contributed by atoms with van der Waals surface area (Å²) >= 11 is 0. The molecule has 0 aromatic carbocycles. The van der Waals surface area contributed by atoms with Crippen molar-refractivity contribution >= 4 is 11.5 Å². The normalized spacial score (nSPS) is 10.2. The van der Waals surface area contributed by atoms with Crippen molar-refractivity contribution in [3.05, 3.63) is 46.7 Å². The Hall–Kier alpha value is -2.44. The van der Waals surface area contributed by atoms with E-state index in [0.717, 1.165) is 18.7 Å². The lowest BCUT2D eigenvalue weighted by molar-refractivity contribution is -0.384. The molecule has 0 spiro atoms. The van der Waals surface area contributed by atoms with Crippen LogP contribution in [0, 0.1) is 10.1 Å². The summed E-state index contributed by atoms with van der Waals surface area (Å²) in [5.41, 5.74) is -0.00417. The van der Waals surface area contributed by atoms with Crippen molar-refractivity contribution in [2.45, 2.75) is 12.8 Å². The predicted octanol–water partition coefficient (Wildman–Crippen LogP) is 1.76. The van der Waals surface area contributed by atoms with Crippen LogP contribution < -0.4 is 5.32 Å². The average molecular weight is 247 g/mol. The van der Waals surface area contributed by atoms with Gasteiger partial charge in [0.2, 0.25) is 5.82 Å². The van der Waals surface area contributed by atoms with Crippen LogP contribution in [0.4, 0.5) is 11.5 Å². The number of aromatic amines is 1. The Labute approximate surface area is 103 Å². The summed E-state index contributed by atoms with van der Waals surface area (Å²) in [4.78, 5) is 21.4. The molecular formula is C11H13N5O2. The topological polar surface area (TPSA) is 96.7 Å². The van der Waals surface area contributed by atoms with Crippen LogP contribution in [0.1, 0.15) is 12.2 Å². The highest BCUT2D eigenvalue weighted by Crippen LogP contribution is 2.19. The van der Waals surface area contributed by atoms with Crippen LogP contribution in [0.15, 0.2) is 30.7 Å². The average Bonchev–Trinajstić information content (AvgIpc) is 2.88. The maximum atomic E-state index is 10.8. The molecule has 18 heavy (non-hydrogen) atoms. The number of nitrogens with one attached hydrogen (secondary N) is 2. The van der Waals surface area contributed by atoms with Crippen LogP contribution in [-0.2, 0) is 6.42 Å². The molecule has 2 aromatic heterocycles. The van der Waals surface area contributed by atoms with Gasteiger partial charge in [-0.2, -0.15) is 0 Å². The molecule has 2 rings (SSSR count). The zero-order valence-electron chi connectivity index (χ0n) is 9.67. The molecule has 0 unspecified atom stereocenters. The van der Waals surface area contributed by atoms with E-state index in [1.807, 2.05) is 0 Å². The summed E-state index contributed by atoms with van der Waals surface area (Å²) in [5, 5.41) is 13.7. The van der Waals surface area contributed by atoms with E-state index >= 15 is 0 Å². The monoisotopic (exact) mass is 247 g/mol. The highest BCUT2D eigenvalue weighted by Gasteiger charge is 2.12. The van der Waals surface area contributed by atoms with Crippen LogP contribution in [0.2, 0.25) is 0 Å². The van der Waals surface area contributed by atoms with E-state index in [2.05, 4.69) is 20.3 Å². The fourth-order valence-electron chi connectivity index (χ4n) is 1.58. The zero-order valence-corrected chi connectivity index (χ0v) is 9.67. The van der Waals surface area contributed by atoms with E-state index in [9.17, 15) is 10.1 Å². The fourth-order valence-corrected chi connectivity index (χ4v) is 1.58. The second kappa shape index (κ2) is 5.76. The number of H-pyrrole nitrogens is 1. The van der Waals surface area contributed by atoms with Gasteiger partial charge >= 0.3 is 5.69 Å². The number of hydrogen-bond acceptors (Lipinski definition) is 5. The molecule has 0 saturated carbocycles. The van der Waals surface area contributed by atoms with E-state index in [-0.39, 0.29) is 5.69 Å². The van der Waals surface area contributed by atoms with Gasteiger partial charge in [0, 0.05) is 37.6 Å². The minimum atomic E-state index is -0.443. The van der Waals surface area contributed by atoms with Crippen molar-refractivity contribution in [2.75, 3.05) is 11.9 Å². The number of hydrogen-bond donors (Lipinski definition) is 2. The van der Waals surface area contributed by atoms with Crippen LogP contribution in [0.3, 0.4) is 0 Å². The first-order chi connectivity index (χ1) is 8.77. The fraction of sp³-hybridized carbons (Fsp3) is 0.273. The smallest absolute Gasteiger partial charge is 0.311 e. The lowest BCUT2D eigenvalue weighted by atomic mass is 10.3. The van der Waals surface area contributed by atoms with Crippen LogP contribution in [-0.4, -0.2) is 26.4 Å². The molecule has 7 heteroatoms. The van der Waals surface area contributed by atoms with Gasteiger partial charge in [-0.15, -0.1) is 0 Å². The number of pyridine rings is 1. The van der Waals surface area contributed by atoms with Gasteiger partial charge in [-0.1, -0.05) is 0 Å². The third kappa shape index (κ3) is 3.03. The summed E-state index contributed by atoms with van der Waals surface area (Å²) in [6.07, 6.45) is 6.61. The number of aromatic nitrogens is 3. The molecule has 0 saturated heterocycles. The molecule has 0 atom stereocenters. The standard InChI is InChI=1S/C11H13N5O2/c17-16(18)9-3-1-5-14-11(9)15-6-2-4-10-12-7-8-13-10/h1,3,5,7-8H,2,4,6H2,(H,12,13)(H,14,15). The van der Waals surface area contributed by atoms with Crippen molar-refractivity contribution in [1.82, 2.24) is 15.0 Å². The Kier molecular flexibility index (Phi) is 3.85. The van der Waals surface area contributed by atoms with Gasteiger partial charge in [-0.3, -0.25) is 10.1 Å². The Morgan fingerprint density at radius 2 is 2.28 bits per heavy atom. The number of nitro groups is 1. The molecule has 94 valence electrons. The van der Waals surface area contributed by atoms with Crippen molar-refractivity contribution in [3.8, 4) is 0 Å². The minimum absolute atomic E-state index is 0.00417. The van der Waals surface area contributed by atoms with E-state index in [1.54, 1.807) is 18.5 Å². The molecule has 0 bridgehead atoms. The SMILES string of the molecule is O=[N+]([O-])c1cccnc1NCCCc1ncc[nH]1. The summed E-state index contributed by atoms with van der Waals surface area (Å²) in [6.45, 7) is 0.610. The quantitative estimate of drug-likeness (QED) is 0.460. The molecule has 0 aliphatic heterocycles. The van der Waals surface area contributed by atoms with Gasteiger partial charge in [0.05, 0.1) is 4.92 Å². The first kappa shape index (κ1) is 12.0. The second-order valence-electron chi connectivity index (χ2n) is 3.69. The molecule has 2 heterocycles. The summed E-state index contributed by atoms with van der Waals surface area (Å²) < 4.78 is 0. The van der Waals surface area contributed by atoms with E-state index in [4.69, 9.17) is 0 Å². The lowest BCUT2D eigenvalue weighted by Gasteiger charge is -2.04. The van der Waals surface area contributed by atoms with Gasteiger partial charge < -0.3 is 10.3 Å². The maximum Gasteiger partial charge on any atom is 0.311 e. The number of aryl methyl sites for hydroxylation is 1. The summed E-state index contributed by atoms with van der Waals surface area (Å²) in [6, 6.07) is 2.98.